The number of methoxy groups -OCH3 is 5. The molecular formula is C33H36N2O9. The summed E-state index contributed by atoms with van der Waals surface area (Å²) in [4.78, 5) is 57.2. The molecule has 232 valence electrons. The number of nitrogens with zero attached hydrogens (tertiary/aromatic N) is 2. The second-order valence-electron chi connectivity index (χ2n) is 10.7. The van der Waals surface area contributed by atoms with Crippen molar-refractivity contribution < 1.29 is 42.9 Å². The topological polar surface area (TPSA) is 121 Å². The number of imide groups is 2. The Morgan fingerprint density at radius 1 is 0.614 bits per heavy atom. The fourth-order valence-corrected chi connectivity index (χ4v) is 6.52. The molecule has 11 heteroatoms. The van der Waals surface area contributed by atoms with E-state index in [4.69, 9.17) is 23.7 Å². The number of rotatable bonds is 9. The van der Waals surface area contributed by atoms with Gasteiger partial charge < -0.3 is 23.7 Å². The highest BCUT2D eigenvalue weighted by Gasteiger charge is 2.60. The summed E-state index contributed by atoms with van der Waals surface area (Å²) in [7, 11) is 7.48. The summed E-state index contributed by atoms with van der Waals surface area (Å²) in [6, 6.07) is 8.67. The second kappa shape index (κ2) is 12.8. The molecule has 2 aromatic rings. The van der Waals surface area contributed by atoms with Gasteiger partial charge in [0.15, 0.2) is 23.0 Å². The van der Waals surface area contributed by atoms with Crippen molar-refractivity contribution in [1.29, 1.82) is 0 Å². The lowest BCUT2D eigenvalue weighted by Gasteiger charge is -2.52. The number of carbonyl (C=O) groups is 4. The predicted molar refractivity (Wildman–Crippen MR) is 159 cm³/mol. The standard InChI is InChI=1S/C33H36N2O9/c1-40-21-13-12-19(16-22(21)41-2)27-29(32(38)34-14-8-6-10-25(34)36)28(30(27)33(39)35-15-9-7-11-26(35)37)20-17-23(42-3)31(44-5)24(18-20)43-4/h6-7,10-13,16-18,27-30H,8-9,14-15H2,1-5H3/t27?,28?,29-,30+. The number of ether oxygens (including phenoxy) is 5. The lowest BCUT2D eigenvalue weighted by molar-refractivity contribution is -0.157. The van der Waals surface area contributed by atoms with Gasteiger partial charge in [-0.2, -0.15) is 0 Å². The van der Waals surface area contributed by atoms with Crippen LogP contribution in [0, 0.1) is 11.8 Å². The monoisotopic (exact) mass is 604 g/mol. The third-order valence-corrected chi connectivity index (χ3v) is 8.61. The van der Waals surface area contributed by atoms with Gasteiger partial charge in [-0.3, -0.25) is 29.0 Å². The lowest BCUT2D eigenvalue weighted by Crippen LogP contribution is -2.59. The van der Waals surface area contributed by atoms with Crippen molar-refractivity contribution in [2.75, 3.05) is 48.6 Å². The van der Waals surface area contributed by atoms with Gasteiger partial charge in [0.25, 0.3) is 11.8 Å². The third kappa shape index (κ3) is 5.27. The molecule has 0 saturated heterocycles. The van der Waals surface area contributed by atoms with Crippen LogP contribution >= 0.6 is 0 Å². The Balaban J connectivity index is 1.71. The van der Waals surface area contributed by atoms with Gasteiger partial charge in [-0.15, -0.1) is 0 Å². The van der Waals surface area contributed by atoms with Gasteiger partial charge in [-0.1, -0.05) is 18.2 Å². The maximum Gasteiger partial charge on any atom is 0.252 e. The number of hydrogen-bond acceptors (Lipinski definition) is 9. The van der Waals surface area contributed by atoms with E-state index >= 15 is 0 Å². The van der Waals surface area contributed by atoms with Crippen molar-refractivity contribution in [3.05, 3.63) is 65.8 Å². The molecule has 2 aromatic carbocycles. The summed E-state index contributed by atoms with van der Waals surface area (Å²) in [5.74, 6) is -2.83. The molecule has 3 aliphatic rings. The maximum atomic E-state index is 14.4. The number of benzene rings is 2. The zero-order chi connectivity index (χ0) is 31.5. The minimum absolute atomic E-state index is 0.222. The van der Waals surface area contributed by atoms with E-state index in [1.165, 1.54) is 57.5 Å². The van der Waals surface area contributed by atoms with E-state index in [1.54, 1.807) is 42.5 Å². The van der Waals surface area contributed by atoms with Crippen LogP contribution in [0.4, 0.5) is 0 Å². The van der Waals surface area contributed by atoms with Crippen LogP contribution in [-0.4, -0.2) is 82.1 Å². The Hall–Kier alpha value is -4.80. The fraction of sp³-hybridized carbons (Fsp3) is 0.394. The molecule has 2 aliphatic heterocycles. The van der Waals surface area contributed by atoms with Crippen molar-refractivity contribution in [1.82, 2.24) is 9.80 Å². The second-order valence-corrected chi connectivity index (χ2v) is 10.7. The molecule has 0 aromatic heterocycles. The predicted octanol–water partition coefficient (Wildman–Crippen LogP) is 3.47. The van der Waals surface area contributed by atoms with Crippen LogP contribution in [0.5, 0.6) is 28.7 Å². The zero-order valence-electron chi connectivity index (χ0n) is 25.4. The van der Waals surface area contributed by atoms with Crippen LogP contribution in [0.25, 0.3) is 0 Å². The van der Waals surface area contributed by atoms with E-state index in [1.807, 2.05) is 0 Å². The molecule has 0 radical (unpaired) electrons. The molecule has 4 amide bonds. The zero-order valence-corrected chi connectivity index (χ0v) is 25.4. The van der Waals surface area contributed by atoms with Gasteiger partial charge in [0, 0.05) is 24.9 Å². The van der Waals surface area contributed by atoms with E-state index in [2.05, 4.69) is 0 Å². The molecular weight excluding hydrogens is 568 g/mol. The minimum Gasteiger partial charge on any atom is -0.493 e. The van der Waals surface area contributed by atoms with Crippen LogP contribution in [0.2, 0.25) is 0 Å². The molecule has 1 aliphatic carbocycles. The Morgan fingerprint density at radius 3 is 1.50 bits per heavy atom. The summed E-state index contributed by atoms with van der Waals surface area (Å²) in [5, 5.41) is 0. The number of carbonyl (C=O) groups excluding carboxylic acids is 4. The highest BCUT2D eigenvalue weighted by molar-refractivity contribution is 6.06. The SMILES string of the molecule is COc1ccc(C2[C@@H](C(=O)N3CCC=CC3=O)C(c3cc(OC)c(OC)c(OC)c3)[C@H]2C(=O)N2CCC=CC2=O)cc1OC. The lowest BCUT2D eigenvalue weighted by atomic mass is 9.51. The number of hydrogen-bond donors (Lipinski definition) is 0. The first-order valence-electron chi connectivity index (χ1n) is 14.3. The number of amides is 4. The Labute approximate surface area is 255 Å². The molecule has 0 spiro atoms. The van der Waals surface area contributed by atoms with Crippen LogP contribution in [-0.2, 0) is 19.2 Å². The van der Waals surface area contributed by atoms with Crippen molar-refractivity contribution >= 4 is 23.6 Å². The molecule has 2 heterocycles. The highest BCUT2D eigenvalue weighted by atomic mass is 16.5. The first-order valence-corrected chi connectivity index (χ1v) is 14.3. The smallest absolute Gasteiger partial charge is 0.252 e. The normalized spacial score (nSPS) is 22.8. The molecule has 11 nitrogen and oxygen atoms in total. The fourth-order valence-electron chi connectivity index (χ4n) is 6.52. The quantitative estimate of drug-likeness (QED) is 0.396. The first kappa shape index (κ1) is 30.7. The van der Waals surface area contributed by atoms with Crippen molar-refractivity contribution in [3.8, 4) is 28.7 Å². The summed E-state index contributed by atoms with van der Waals surface area (Å²) < 4.78 is 27.7. The van der Waals surface area contributed by atoms with Gasteiger partial charge in [0.1, 0.15) is 0 Å². The van der Waals surface area contributed by atoms with Crippen LogP contribution in [0.1, 0.15) is 35.8 Å². The summed E-state index contributed by atoms with van der Waals surface area (Å²) in [6.45, 7) is 0.443. The molecule has 0 bridgehead atoms. The Kier molecular flexibility index (Phi) is 8.93. The van der Waals surface area contributed by atoms with Gasteiger partial charge >= 0.3 is 0 Å². The Morgan fingerprint density at radius 2 is 1.07 bits per heavy atom. The average Bonchev–Trinajstić information content (AvgIpc) is 3.03. The largest absolute Gasteiger partial charge is 0.493 e. The summed E-state index contributed by atoms with van der Waals surface area (Å²) >= 11 is 0. The first-order chi connectivity index (χ1) is 21.3. The third-order valence-electron chi connectivity index (χ3n) is 8.61. The van der Waals surface area contributed by atoms with E-state index in [0.29, 0.717) is 52.7 Å². The van der Waals surface area contributed by atoms with Crippen LogP contribution in [0.3, 0.4) is 0 Å². The van der Waals surface area contributed by atoms with Crippen molar-refractivity contribution in [3.63, 3.8) is 0 Å². The van der Waals surface area contributed by atoms with Gasteiger partial charge in [-0.25, -0.2) is 0 Å². The molecule has 1 fully saturated rings. The van der Waals surface area contributed by atoms with Crippen LogP contribution in [0.15, 0.2) is 54.6 Å². The molecule has 1 saturated carbocycles. The van der Waals surface area contributed by atoms with Crippen molar-refractivity contribution in [2.24, 2.45) is 11.8 Å². The molecule has 4 atom stereocenters. The van der Waals surface area contributed by atoms with E-state index in [-0.39, 0.29) is 13.1 Å². The van der Waals surface area contributed by atoms with Gasteiger partial charge in [0.05, 0.1) is 47.4 Å². The highest BCUT2D eigenvalue weighted by Crippen LogP contribution is 2.60. The summed E-state index contributed by atoms with van der Waals surface area (Å²) in [6.07, 6.45) is 7.30. The summed E-state index contributed by atoms with van der Waals surface area (Å²) in [5.41, 5.74) is 1.22. The van der Waals surface area contributed by atoms with Gasteiger partial charge in [-0.05, 0) is 60.4 Å². The molecule has 2 unspecified atom stereocenters. The van der Waals surface area contributed by atoms with Gasteiger partial charge in [0.2, 0.25) is 17.6 Å². The van der Waals surface area contributed by atoms with E-state index < -0.39 is 47.3 Å². The van der Waals surface area contributed by atoms with E-state index in [0.717, 1.165) is 0 Å². The Bertz CT molecular complexity index is 1450. The maximum absolute atomic E-state index is 14.4. The van der Waals surface area contributed by atoms with Crippen LogP contribution < -0.4 is 23.7 Å². The van der Waals surface area contributed by atoms with Crippen molar-refractivity contribution in [2.45, 2.75) is 24.7 Å². The molecule has 0 N–H and O–H groups in total. The average molecular weight is 605 g/mol. The molecule has 44 heavy (non-hydrogen) atoms. The van der Waals surface area contributed by atoms with E-state index in [9.17, 15) is 19.2 Å². The minimum atomic E-state index is -0.851. The molecule has 5 rings (SSSR count).